The number of carbonyl (C=O) groups is 1. The Balaban J connectivity index is 2.44. The van der Waals surface area contributed by atoms with Crippen LogP contribution in [0.15, 0.2) is 54.3 Å². The number of hydrogen-bond acceptors (Lipinski definition) is 5. The van der Waals surface area contributed by atoms with Crippen molar-refractivity contribution in [1.29, 1.82) is 10.5 Å². The van der Waals surface area contributed by atoms with Gasteiger partial charge in [0.1, 0.15) is 24.3 Å². The molecule has 0 saturated carbocycles. The summed E-state index contributed by atoms with van der Waals surface area (Å²) in [6, 6.07) is 12.4. The molecular weight excluding hydrogens is 278 g/mol. The van der Waals surface area contributed by atoms with Crippen LogP contribution in [0.2, 0.25) is 0 Å². The van der Waals surface area contributed by atoms with E-state index in [0.717, 1.165) is 6.54 Å². The van der Waals surface area contributed by atoms with Crippen LogP contribution in [0.5, 0.6) is 0 Å². The van der Waals surface area contributed by atoms with E-state index in [1.54, 1.807) is 48.7 Å². The molecule has 0 heterocycles. The molecule has 0 atom stereocenters. The summed E-state index contributed by atoms with van der Waals surface area (Å²) in [5.74, 6) is -0.350. The zero-order chi connectivity index (χ0) is 16.2. The first-order chi connectivity index (χ1) is 10.7. The molecule has 0 radical (unpaired) electrons. The van der Waals surface area contributed by atoms with Crippen LogP contribution in [0.4, 0.5) is 0 Å². The normalized spacial score (nSPS) is 9.59. The lowest BCUT2D eigenvalue weighted by Crippen LogP contribution is -2.23. The van der Waals surface area contributed by atoms with Gasteiger partial charge in [-0.1, -0.05) is 18.2 Å². The summed E-state index contributed by atoms with van der Waals surface area (Å²) in [4.78, 5) is 13.7. The fourth-order valence-corrected chi connectivity index (χ4v) is 1.61. The molecule has 0 bridgehead atoms. The summed E-state index contributed by atoms with van der Waals surface area (Å²) in [5, 5.41) is 17.2. The standard InChI is InChI=1S/C17H17N3O2/c1-2-20(10-6-7-15(13-18)14-19)11-12-22-17(21)16-8-4-3-5-9-16/h3-10H,2,11-12H2,1H3/b10-6+. The maximum absolute atomic E-state index is 11.8. The lowest BCUT2D eigenvalue weighted by molar-refractivity contribution is 0.0481. The first-order valence-electron chi connectivity index (χ1n) is 6.86. The van der Waals surface area contributed by atoms with Gasteiger partial charge in [0.15, 0.2) is 0 Å². The average molecular weight is 295 g/mol. The van der Waals surface area contributed by atoms with E-state index in [-0.39, 0.29) is 18.1 Å². The summed E-state index contributed by atoms with van der Waals surface area (Å²) in [6.45, 7) is 3.48. The van der Waals surface area contributed by atoms with E-state index in [9.17, 15) is 4.79 Å². The summed E-state index contributed by atoms with van der Waals surface area (Å²) >= 11 is 0. The number of rotatable bonds is 7. The molecule has 5 heteroatoms. The fourth-order valence-electron chi connectivity index (χ4n) is 1.61. The van der Waals surface area contributed by atoms with Gasteiger partial charge in [-0.2, -0.15) is 10.5 Å². The molecule has 0 amide bonds. The number of hydrogen-bond donors (Lipinski definition) is 0. The van der Waals surface area contributed by atoms with E-state index in [1.165, 1.54) is 6.08 Å². The van der Waals surface area contributed by atoms with Crippen molar-refractivity contribution in [2.45, 2.75) is 6.92 Å². The van der Waals surface area contributed by atoms with Crippen molar-refractivity contribution in [3.63, 3.8) is 0 Å². The maximum atomic E-state index is 11.8. The SMILES string of the molecule is CCN(/C=C/C=C(C#N)C#N)CCOC(=O)c1ccccc1. The molecule has 1 aromatic carbocycles. The van der Waals surface area contributed by atoms with Gasteiger partial charge in [-0.05, 0) is 37.4 Å². The predicted octanol–water partition coefficient (Wildman–Crippen LogP) is 2.65. The van der Waals surface area contributed by atoms with E-state index >= 15 is 0 Å². The second kappa shape index (κ2) is 9.79. The zero-order valence-electron chi connectivity index (χ0n) is 12.4. The number of ether oxygens (including phenoxy) is 1. The lowest BCUT2D eigenvalue weighted by Gasteiger charge is -2.17. The highest BCUT2D eigenvalue weighted by atomic mass is 16.5. The van der Waals surface area contributed by atoms with Crippen molar-refractivity contribution < 1.29 is 9.53 Å². The largest absolute Gasteiger partial charge is 0.460 e. The second-order valence-corrected chi connectivity index (χ2v) is 4.28. The molecular formula is C17H17N3O2. The second-order valence-electron chi connectivity index (χ2n) is 4.28. The van der Waals surface area contributed by atoms with Crippen molar-refractivity contribution in [2.75, 3.05) is 19.7 Å². The highest BCUT2D eigenvalue weighted by Gasteiger charge is 2.06. The third-order valence-electron chi connectivity index (χ3n) is 2.83. The van der Waals surface area contributed by atoms with Crippen LogP contribution in [-0.4, -0.2) is 30.6 Å². The summed E-state index contributed by atoms with van der Waals surface area (Å²) in [6.07, 6.45) is 4.83. The first kappa shape index (κ1) is 17.0. The number of nitrogens with zero attached hydrogens (tertiary/aromatic N) is 3. The molecule has 0 aliphatic rings. The molecule has 0 aromatic heterocycles. The minimum Gasteiger partial charge on any atom is -0.460 e. The van der Waals surface area contributed by atoms with Crippen molar-refractivity contribution in [1.82, 2.24) is 4.90 Å². The van der Waals surface area contributed by atoms with Crippen molar-refractivity contribution in [2.24, 2.45) is 0 Å². The van der Waals surface area contributed by atoms with Gasteiger partial charge >= 0.3 is 5.97 Å². The highest BCUT2D eigenvalue weighted by Crippen LogP contribution is 2.01. The van der Waals surface area contributed by atoms with Gasteiger partial charge in [0.05, 0.1) is 12.1 Å². The molecule has 0 aliphatic heterocycles. The minimum absolute atomic E-state index is 0.0443. The average Bonchev–Trinajstić information content (AvgIpc) is 2.57. The topological polar surface area (TPSA) is 77.1 Å². The first-order valence-corrected chi connectivity index (χ1v) is 6.86. The smallest absolute Gasteiger partial charge is 0.338 e. The fraction of sp³-hybridized carbons (Fsp3) is 0.235. The lowest BCUT2D eigenvalue weighted by atomic mass is 10.2. The number of nitriles is 2. The quantitative estimate of drug-likeness (QED) is 0.439. The van der Waals surface area contributed by atoms with E-state index in [4.69, 9.17) is 15.3 Å². The van der Waals surface area contributed by atoms with E-state index in [2.05, 4.69) is 0 Å². The van der Waals surface area contributed by atoms with E-state index in [1.807, 2.05) is 17.9 Å². The van der Waals surface area contributed by atoms with Gasteiger partial charge in [0.2, 0.25) is 0 Å². The van der Waals surface area contributed by atoms with Gasteiger partial charge in [-0.25, -0.2) is 4.79 Å². The van der Waals surface area contributed by atoms with Crippen LogP contribution in [0.25, 0.3) is 0 Å². The van der Waals surface area contributed by atoms with Crippen molar-refractivity contribution in [3.8, 4) is 12.1 Å². The van der Waals surface area contributed by atoms with Crippen molar-refractivity contribution >= 4 is 5.97 Å². The molecule has 0 unspecified atom stereocenters. The monoisotopic (exact) mass is 295 g/mol. The molecule has 5 nitrogen and oxygen atoms in total. The molecule has 0 aliphatic carbocycles. The molecule has 0 N–H and O–H groups in total. The Kier molecular flexibility index (Phi) is 7.57. The number of carbonyl (C=O) groups excluding carboxylic acids is 1. The molecule has 0 spiro atoms. The van der Waals surface area contributed by atoms with Gasteiger partial charge < -0.3 is 9.64 Å². The van der Waals surface area contributed by atoms with E-state index in [0.29, 0.717) is 12.1 Å². The molecule has 1 rings (SSSR count). The predicted molar refractivity (Wildman–Crippen MR) is 82.4 cm³/mol. The molecule has 0 fully saturated rings. The Morgan fingerprint density at radius 3 is 2.55 bits per heavy atom. The summed E-state index contributed by atoms with van der Waals surface area (Å²) < 4.78 is 5.20. The maximum Gasteiger partial charge on any atom is 0.338 e. The number of allylic oxidation sites excluding steroid dienone is 3. The number of likely N-dealkylation sites (N-methyl/N-ethyl adjacent to an activating group) is 1. The number of esters is 1. The molecule has 112 valence electrons. The van der Waals surface area contributed by atoms with Crippen LogP contribution in [0.3, 0.4) is 0 Å². The summed E-state index contributed by atoms with van der Waals surface area (Å²) in [7, 11) is 0. The Bertz CT molecular complexity index is 606. The molecule has 22 heavy (non-hydrogen) atoms. The van der Waals surface area contributed by atoms with Crippen LogP contribution in [-0.2, 0) is 4.74 Å². The minimum atomic E-state index is -0.350. The van der Waals surface area contributed by atoms with Crippen LogP contribution >= 0.6 is 0 Å². The highest BCUT2D eigenvalue weighted by molar-refractivity contribution is 5.89. The van der Waals surface area contributed by atoms with Gasteiger partial charge in [0, 0.05) is 6.54 Å². The Morgan fingerprint density at radius 2 is 1.95 bits per heavy atom. The molecule has 0 saturated heterocycles. The van der Waals surface area contributed by atoms with Crippen LogP contribution in [0.1, 0.15) is 17.3 Å². The molecule has 1 aromatic rings. The summed E-state index contributed by atoms with van der Waals surface area (Å²) in [5.41, 5.74) is 0.569. The van der Waals surface area contributed by atoms with Gasteiger partial charge in [-0.15, -0.1) is 0 Å². The Morgan fingerprint density at radius 1 is 1.27 bits per heavy atom. The van der Waals surface area contributed by atoms with Crippen LogP contribution < -0.4 is 0 Å². The van der Waals surface area contributed by atoms with Crippen LogP contribution in [0, 0.1) is 22.7 Å². The Hall–Kier alpha value is -3.05. The Labute approximate surface area is 130 Å². The van der Waals surface area contributed by atoms with Gasteiger partial charge in [-0.3, -0.25) is 0 Å². The third-order valence-corrected chi connectivity index (χ3v) is 2.83. The zero-order valence-corrected chi connectivity index (χ0v) is 12.4. The van der Waals surface area contributed by atoms with Gasteiger partial charge in [0.25, 0.3) is 0 Å². The van der Waals surface area contributed by atoms with E-state index < -0.39 is 0 Å². The van der Waals surface area contributed by atoms with Crippen molar-refractivity contribution in [3.05, 3.63) is 59.8 Å². The third kappa shape index (κ3) is 5.94. The number of benzene rings is 1.